The van der Waals surface area contributed by atoms with Crippen LogP contribution in [0.4, 0.5) is 4.79 Å². The first-order valence-electron chi connectivity index (χ1n) is 5.66. The number of carbonyl (C=O) groups is 2. The molecule has 0 saturated heterocycles. The standard InChI is InChI=1S/C12H15N3O3/c1-18-10-5-3-2-4-9(10)11(16)15(12(13)17)14-8-6-7-8/h2-5,8,14H,6-7H2,1H3,(H2,13,17). The zero-order valence-corrected chi connectivity index (χ0v) is 10.1. The third-order valence-corrected chi connectivity index (χ3v) is 2.65. The van der Waals surface area contributed by atoms with E-state index in [4.69, 9.17) is 10.5 Å². The van der Waals surface area contributed by atoms with Crippen molar-refractivity contribution in [2.24, 2.45) is 5.73 Å². The maximum Gasteiger partial charge on any atom is 0.336 e. The lowest BCUT2D eigenvalue weighted by Crippen LogP contribution is -2.50. The van der Waals surface area contributed by atoms with Crippen LogP contribution in [0.25, 0.3) is 0 Å². The number of nitrogens with one attached hydrogen (secondary N) is 1. The Morgan fingerprint density at radius 2 is 2.06 bits per heavy atom. The molecule has 1 aromatic rings. The van der Waals surface area contributed by atoms with Crippen LogP contribution in [0, 0.1) is 0 Å². The Bertz CT molecular complexity index is 471. The Morgan fingerprint density at radius 3 is 2.61 bits per heavy atom. The summed E-state index contributed by atoms with van der Waals surface area (Å²) in [6, 6.07) is 6.02. The van der Waals surface area contributed by atoms with E-state index in [1.165, 1.54) is 7.11 Å². The van der Waals surface area contributed by atoms with E-state index in [2.05, 4.69) is 5.43 Å². The highest BCUT2D eigenvalue weighted by atomic mass is 16.5. The molecule has 0 aromatic heterocycles. The van der Waals surface area contributed by atoms with Gasteiger partial charge in [-0.05, 0) is 25.0 Å². The lowest BCUT2D eigenvalue weighted by Gasteiger charge is -2.20. The van der Waals surface area contributed by atoms with Crippen molar-refractivity contribution >= 4 is 11.9 Å². The van der Waals surface area contributed by atoms with E-state index in [0.717, 1.165) is 17.9 Å². The summed E-state index contributed by atoms with van der Waals surface area (Å²) in [6.45, 7) is 0. The molecule has 2 rings (SSSR count). The van der Waals surface area contributed by atoms with Gasteiger partial charge in [-0.25, -0.2) is 10.2 Å². The molecule has 0 unspecified atom stereocenters. The molecule has 0 radical (unpaired) electrons. The Labute approximate surface area is 105 Å². The number of hydrazine groups is 1. The monoisotopic (exact) mass is 249 g/mol. The number of imide groups is 1. The molecule has 3 amide bonds. The van der Waals surface area contributed by atoms with Gasteiger partial charge in [0.25, 0.3) is 5.91 Å². The van der Waals surface area contributed by atoms with E-state index in [1.807, 2.05) is 0 Å². The quantitative estimate of drug-likeness (QED) is 0.776. The highest BCUT2D eigenvalue weighted by Gasteiger charge is 2.30. The number of urea groups is 1. The van der Waals surface area contributed by atoms with Crippen molar-refractivity contribution < 1.29 is 14.3 Å². The van der Waals surface area contributed by atoms with E-state index in [1.54, 1.807) is 24.3 Å². The summed E-state index contributed by atoms with van der Waals surface area (Å²) in [5.41, 5.74) is 8.30. The van der Waals surface area contributed by atoms with Gasteiger partial charge in [0.15, 0.2) is 0 Å². The minimum atomic E-state index is -0.821. The summed E-state index contributed by atoms with van der Waals surface area (Å²) in [4.78, 5) is 23.5. The van der Waals surface area contributed by atoms with Gasteiger partial charge >= 0.3 is 6.03 Å². The lowest BCUT2D eigenvalue weighted by atomic mass is 10.2. The number of primary amides is 1. The summed E-state index contributed by atoms with van der Waals surface area (Å²) in [7, 11) is 1.47. The molecule has 18 heavy (non-hydrogen) atoms. The molecule has 0 bridgehead atoms. The van der Waals surface area contributed by atoms with Crippen molar-refractivity contribution in [2.45, 2.75) is 18.9 Å². The normalized spacial score (nSPS) is 14.1. The Hall–Kier alpha value is -2.08. The molecular formula is C12H15N3O3. The summed E-state index contributed by atoms with van der Waals surface area (Å²) in [5, 5.41) is 0.843. The minimum absolute atomic E-state index is 0.149. The van der Waals surface area contributed by atoms with Crippen molar-refractivity contribution in [2.75, 3.05) is 7.11 Å². The van der Waals surface area contributed by atoms with Crippen LogP contribution in [0.2, 0.25) is 0 Å². The molecule has 1 fully saturated rings. The van der Waals surface area contributed by atoms with Crippen LogP contribution in [-0.2, 0) is 0 Å². The maximum absolute atomic E-state index is 12.2. The molecule has 6 heteroatoms. The molecule has 96 valence electrons. The van der Waals surface area contributed by atoms with Crippen molar-refractivity contribution in [3.63, 3.8) is 0 Å². The van der Waals surface area contributed by atoms with E-state index in [9.17, 15) is 9.59 Å². The summed E-state index contributed by atoms with van der Waals surface area (Å²) >= 11 is 0. The van der Waals surface area contributed by atoms with E-state index in [-0.39, 0.29) is 6.04 Å². The number of amides is 3. The Morgan fingerprint density at radius 1 is 1.39 bits per heavy atom. The smallest absolute Gasteiger partial charge is 0.336 e. The molecule has 0 heterocycles. The number of ether oxygens (including phenoxy) is 1. The second-order valence-electron chi connectivity index (χ2n) is 4.08. The minimum Gasteiger partial charge on any atom is -0.496 e. The highest BCUT2D eigenvalue weighted by molar-refractivity contribution is 6.05. The van der Waals surface area contributed by atoms with Crippen LogP contribution in [0.15, 0.2) is 24.3 Å². The fourth-order valence-corrected chi connectivity index (χ4v) is 1.56. The Balaban J connectivity index is 2.23. The van der Waals surface area contributed by atoms with Crippen LogP contribution < -0.4 is 15.9 Å². The molecule has 1 aliphatic rings. The van der Waals surface area contributed by atoms with Gasteiger partial charge in [0.1, 0.15) is 5.75 Å². The van der Waals surface area contributed by atoms with Crippen molar-refractivity contribution in [1.29, 1.82) is 0 Å². The number of nitrogens with two attached hydrogens (primary N) is 1. The summed E-state index contributed by atoms with van der Waals surface area (Å²) in [5.74, 6) is -0.0989. The fourth-order valence-electron chi connectivity index (χ4n) is 1.56. The van der Waals surface area contributed by atoms with Crippen LogP contribution in [0.3, 0.4) is 0 Å². The Kier molecular flexibility index (Phi) is 3.47. The predicted octanol–water partition coefficient (Wildman–Crippen LogP) is 0.883. The van der Waals surface area contributed by atoms with E-state index in [0.29, 0.717) is 11.3 Å². The van der Waals surface area contributed by atoms with E-state index >= 15 is 0 Å². The van der Waals surface area contributed by atoms with Crippen molar-refractivity contribution in [3.8, 4) is 5.75 Å². The second kappa shape index (κ2) is 5.05. The van der Waals surface area contributed by atoms with Crippen LogP contribution in [0.5, 0.6) is 5.75 Å². The van der Waals surface area contributed by atoms with Gasteiger partial charge in [-0.2, -0.15) is 5.01 Å². The molecule has 0 atom stereocenters. The topological polar surface area (TPSA) is 84.7 Å². The second-order valence-corrected chi connectivity index (χ2v) is 4.08. The number of benzene rings is 1. The highest BCUT2D eigenvalue weighted by Crippen LogP contribution is 2.22. The van der Waals surface area contributed by atoms with E-state index < -0.39 is 11.9 Å². The first-order chi connectivity index (χ1) is 8.63. The number of rotatable bonds is 4. The van der Waals surface area contributed by atoms with Gasteiger partial charge < -0.3 is 10.5 Å². The summed E-state index contributed by atoms with van der Waals surface area (Å²) < 4.78 is 5.09. The van der Waals surface area contributed by atoms with Gasteiger partial charge in [-0.15, -0.1) is 0 Å². The first-order valence-corrected chi connectivity index (χ1v) is 5.66. The number of hydrogen-bond acceptors (Lipinski definition) is 4. The molecule has 6 nitrogen and oxygen atoms in total. The van der Waals surface area contributed by atoms with Crippen LogP contribution in [0.1, 0.15) is 23.2 Å². The SMILES string of the molecule is COc1ccccc1C(=O)N(NC1CC1)C(N)=O. The van der Waals surface area contributed by atoms with Gasteiger partial charge in [-0.1, -0.05) is 12.1 Å². The number of hydrogen-bond donors (Lipinski definition) is 2. The molecule has 0 spiro atoms. The summed E-state index contributed by atoms with van der Waals surface area (Å²) in [6.07, 6.45) is 1.87. The van der Waals surface area contributed by atoms with Crippen molar-refractivity contribution in [3.05, 3.63) is 29.8 Å². The molecule has 1 aromatic carbocycles. The number of nitrogens with zero attached hydrogens (tertiary/aromatic N) is 1. The number of para-hydroxylation sites is 1. The first kappa shape index (κ1) is 12.4. The zero-order chi connectivity index (χ0) is 13.1. The lowest BCUT2D eigenvalue weighted by molar-refractivity contribution is 0.0729. The molecule has 0 aliphatic heterocycles. The average Bonchev–Trinajstić information content (AvgIpc) is 3.18. The van der Waals surface area contributed by atoms with Crippen LogP contribution in [-0.4, -0.2) is 30.1 Å². The molecular weight excluding hydrogens is 234 g/mol. The molecule has 1 saturated carbocycles. The number of methoxy groups -OCH3 is 1. The molecule has 3 N–H and O–H groups in total. The average molecular weight is 249 g/mol. The van der Waals surface area contributed by atoms with Gasteiger partial charge in [-0.3, -0.25) is 4.79 Å². The predicted molar refractivity (Wildman–Crippen MR) is 64.9 cm³/mol. The fraction of sp³-hybridized carbons (Fsp3) is 0.333. The van der Waals surface area contributed by atoms with Gasteiger partial charge in [0.05, 0.1) is 12.7 Å². The third-order valence-electron chi connectivity index (χ3n) is 2.65. The van der Waals surface area contributed by atoms with Gasteiger partial charge in [0.2, 0.25) is 0 Å². The van der Waals surface area contributed by atoms with Crippen molar-refractivity contribution in [1.82, 2.24) is 10.4 Å². The van der Waals surface area contributed by atoms with Crippen LogP contribution >= 0.6 is 0 Å². The zero-order valence-electron chi connectivity index (χ0n) is 10.1. The van der Waals surface area contributed by atoms with Gasteiger partial charge in [0, 0.05) is 6.04 Å². The number of carbonyl (C=O) groups excluding carboxylic acids is 2. The largest absolute Gasteiger partial charge is 0.496 e. The third kappa shape index (κ3) is 2.60. The maximum atomic E-state index is 12.2. The molecule has 1 aliphatic carbocycles.